The average Bonchev–Trinajstić information content (AvgIpc) is 3.84. The van der Waals surface area contributed by atoms with Gasteiger partial charge < -0.3 is 0 Å². The Labute approximate surface area is 287 Å². The van der Waals surface area contributed by atoms with Crippen molar-refractivity contribution in [2.24, 2.45) is 0 Å². The summed E-state index contributed by atoms with van der Waals surface area (Å²) in [4.78, 5) is 16.2. The van der Waals surface area contributed by atoms with Gasteiger partial charge in [0.05, 0.1) is 21.1 Å². The summed E-state index contributed by atoms with van der Waals surface area (Å²) in [6, 6.07) is 8.82. The maximum absolute atomic E-state index is 5.47. The topological polar surface area (TPSA) is 25.8 Å². The normalized spacial score (nSPS) is 11.7. The molecule has 0 bridgehead atoms. The lowest BCUT2D eigenvalue weighted by molar-refractivity contribution is 0.545. The monoisotopic (exact) mass is 664 g/mol. The minimum Gasteiger partial charge on any atom is -0.248 e. The van der Waals surface area contributed by atoms with E-state index in [1.54, 1.807) is 0 Å². The summed E-state index contributed by atoms with van der Waals surface area (Å²) >= 11 is 5.54. The van der Waals surface area contributed by atoms with Crippen LogP contribution >= 0.6 is 34.0 Å². The van der Waals surface area contributed by atoms with Gasteiger partial charge in [-0.15, -0.1) is 34.0 Å². The molecule has 0 saturated carbocycles. The van der Waals surface area contributed by atoms with Gasteiger partial charge in [-0.25, -0.2) is 9.97 Å². The summed E-state index contributed by atoms with van der Waals surface area (Å²) in [5.74, 6) is 0. The summed E-state index contributed by atoms with van der Waals surface area (Å²) in [6.07, 6.45) is 32.5. The van der Waals surface area contributed by atoms with Crippen LogP contribution in [-0.4, -0.2) is 9.97 Å². The zero-order valence-electron chi connectivity index (χ0n) is 28.6. The first-order valence-corrected chi connectivity index (χ1v) is 21.3. The molecule has 5 heteroatoms. The van der Waals surface area contributed by atoms with Crippen molar-refractivity contribution in [1.29, 1.82) is 0 Å². The maximum atomic E-state index is 5.47. The third-order valence-corrected chi connectivity index (χ3v) is 12.5. The Hall–Kier alpha value is -1.56. The fraction of sp³-hybridized carbons (Fsp3) is 0.650. The summed E-state index contributed by atoms with van der Waals surface area (Å²) in [5.41, 5.74) is 4.82. The van der Waals surface area contributed by atoms with Crippen molar-refractivity contribution in [3.63, 3.8) is 0 Å². The number of aryl methyl sites for hydroxylation is 2. The van der Waals surface area contributed by atoms with E-state index in [4.69, 9.17) is 9.97 Å². The molecular weight excluding hydrogens is 605 g/mol. The molecule has 0 spiro atoms. The van der Waals surface area contributed by atoms with Crippen LogP contribution in [0.15, 0.2) is 35.0 Å². The Kier molecular flexibility index (Phi) is 17.8. The van der Waals surface area contributed by atoms with Gasteiger partial charge in [0.15, 0.2) is 0 Å². The van der Waals surface area contributed by atoms with Gasteiger partial charge in [-0.1, -0.05) is 154 Å². The van der Waals surface area contributed by atoms with E-state index in [-0.39, 0.29) is 0 Å². The average molecular weight is 665 g/mol. The van der Waals surface area contributed by atoms with Crippen LogP contribution in [0.2, 0.25) is 0 Å². The Morgan fingerprint density at radius 1 is 0.444 bits per heavy atom. The highest BCUT2D eigenvalue weighted by Crippen LogP contribution is 2.45. The van der Waals surface area contributed by atoms with Crippen molar-refractivity contribution in [2.45, 2.75) is 168 Å². The second-order valence-electron chi connectivity index (χ2n) is 13.1. The summed E-state index contributed by atoms with van der Waals surface area (Å²) in [5, 5.41) is 4.37. The highest BCUT2D eigenvalue weighted by atomic mass is 32.1. The van der Waals surface area contributed by atoms with Crippen LogP contribution in [0.1, 0.15) is 166 Å². The van der Waals surface area contributed by atoms with Gasteiger partial charge in [0, 0.05) is 9.75 Å². The van der Waals surface area contributed by atoms with E-state index in [0.717, 1.165) is 23.9 Å². The van der Waals surface area contributed by atoms with E-state index in [1.807, 2.05) is 34.0 Å². The van der Waals surface area contributed by atoms with Gasteiger partial charge >= 0.3 is 0 Å². The molecule has 4 rings (SSSR count). The number of fused-ring (bicyclic) bond motifs is 1. The second kappa shape index (κ2) is 22.1. The number of rotatable bonds is 26. The van der Waals surface area contributed by atoms with Crippen molar-refractivity contribution in [2.75, 3.05) is 0 Å². The number of hydrogen-bond acceptors (Lipinski definition) is 5. The molecule has 4 heterocycles. The molecule has 248 valence electrons. The lowest BCUT2D eigenvalue weighted by atomic mass is 10.0. The summed E-state index contributed by atoms with van der Waals surface area (Å²) < 4.78 is 0. The smallest absolute Gasteiger partial charge is 0.109 e. The van der Waals surface area contributed by atoms with Crippen molar-refractivity contribution in [3.05, 3.63) is 46.4 Å². The quantitative estimate of drug-likeness (QED) is 0.0624. The van der Waals surface area contributed by atoms with Crippen LogP contribution in [-0.2, 0) is 12.8 Å². The number of nitrogens with zero attached hydrogens (tertiary/aromatic N) is 2. The molecule has 0 aliphatic rings. The lowest BCUT2D eigenvalue weighted by Crippen LogP contribution is -2.03. The summed E-state index contributed by atoms with van der Waals surface area (Å²) in [6.45, 7) is 4.60. The standard InChI is InChI=1S/C40H60N2S3/c1-3-5-7-9-11-13-15-17-19-21-23-27-33-34(28-24-22-20-18-16-14-12-10-8-6-4-2)42-38-37(41-33)39(35-29-25-31-43-35)45-40(38)36-30-26-32-44-36/h25-26,29-32H,3-24,27-28H2,1-2H3. The molecule has 0 saturated heterocycles. The molecule has 0 aliphatic heterocycles. The Bertz CT molecular complexity index is 1190. The van der Waals surface area contributed by atoms with E-state index >= 15 is 0 Å². The molecule has 0 unspecified atom stereocenters. The Morgan fingerprint density at radius 3 is 1.09 bits per heavy atom. The van der Waals surface area contributed by atoms with E-state index in [1.165, 1.54) is 172 Å². The van der Waals surface area contributed by atoms with E-state index < -0.39 is 0 Å². The van der Waals surface area contributed by atoms with Crippen LogP contribution in [0.25, 0.3) is 30.5 Å². The third kappa shape index (κ3) is 12.5. The molecule has 0 fully saturated rings. The molecule has 45 heavy (non-hydrogen) atoms. The predicted molar refractivity (Wildman–Crippen MR) is 204 cm³/mol. The van der Waals surface area contributed by atoms with Crippen LogP contribution < -0.4 is 0 Å². The van der Waals surface area contributed by atoms with Crippen LogP contribution in [0.5, 0.6) is 0 Å². The number of hydrogen-bond donors (Lipinski definition) is 0. The van der Waals surface area contributed by atoms with E-state index in [0.29, 0.717) is 0 Å². The van der Waals surface area contributed by atoms with E-state index in [9.17, 15) is 0 Å². The van der Waals surface area contributed by atoms with Crippen molar-refractivity contribution < 1.29 is 0 Å². The molecule has 0 aliphatic carbocycles. The van der Waals surface area contributed by atoms with E-state index in [2.05, 4.69) is 48.9 Å². The molecule has 0 aromatic carbocycles. The lowest BCUT2D eigenvalue weighted by Gasteiger charge is -2.10. The number of thiophene rings is 3. The van der Waals surface area contributed by atoms with Gasteiger partial charge in [0.1, 0.15) is 11.0 Å². The molecule has 0 atom stereocenters. The molecular formula is C40H60N2S3. The van der Waals surface area contributed by atoms with Crippen molar-refractivity contribution in [1.82, 2.24) is 9.97 Å². The zero-order chi connectivity index (χ0) is 31.4. The SMILES string of the molecule is CCCCCCCCCCCCCc1nc2c(-c3cccs3)sc(-c3cccs3)c2nc1CCCCCCCCCCCCC. The van der Waals surface area contributed by atoms with Gasteiger partial charge in [-0.05, 0) is 48.6 Å². The largest absolute Gasteiger partial charge is 0.248 e. The molecule has 4 aromatic rings. The predicted octanol–water partition coefficient (Wildman–Crippen LogP) is 14.9. The first-order valence-electron chi connectivity index (χ1n) is 18.7. The van der Waals surface area contributed by atoms with Crippen molar-refractivity contribution >= 4 is 45.0 Å². The summed E-state index contributed by atoms with van der Waals surface area (Å²) in [7, 11) is 0. The van der Waals surface area contributed by atoms with Crippen LogP contribution in [0, 0.1) is 0 Å². The molecule has 0 amide bonds. The fourth-order valence-electron chi connectivity index (χ4n) is 6.48. The van der Waals surface area contributed by atoms with Crippen LogP contribution in [0.4, 0.5) is 0 Å². The second-order valence-corrected chi connectivity index (χ2v) is 16.0. The Morgan fingerprint density at radius 2 is 0.778 bits per heavy atom. The number of aromatic nitrogens is 2. The zero-order valence-corrected chi connectivity index (χ0v) is 31.0. The highest BCUT2D eigenvalue weighted by molar-refractivity contribution is 7.27. The molecule has 0 radical (unpaired) electrons. The van der Waals surface area contributed by atoms with Crippen LogP contribution in [0.3, 0.4) is 0 Å². The van der Waals surface area contributed by atoms with Crippen molar-refractivity contribution in [3.8, 4) is 19.5 Å². The maximum Gasteiger partial charge on any atom is 0.109 e. The highest BCUT2D eigenvalue weighted by Gasteiger charge is 2.21. The van der Waals surface area contributed by atoms with Gasteiger partial charge in [0.25, 0.3) is 0 Å². The molecule has 0 N–H and O–H groups in total. The first-order chi connectivity index (χ1) is 22.3. The third-order valence-electron chi connectivity index (χ3n) is 9.21. The minimum atomic E-state index is 1.07. The minimum absolute atomic E-state index is 1.07. The fourth-order valence-corrected chi connectivity index (χ4v) is 9.37. The Balaban J connectivity index is 1.35. The number of unbranched alkanes of at least 4 members (excludes halogenated alkanes) is 20. The molecule has 4 aromatic heterocycles. The molecule has 2 nitrogen and oxygen atoms in total. The van der Waals surface area contributed by atoms with Gasteiger partial charge in [-0.2, -0.15) is 0 Å². The van der Waals surface area contributed by atoms with Gasteiger partial charge in [0.2, 0.25) is 0 Å². The van der Waals surface area contributed by atoms with Gasteiger partial charge in [-0.3, -0.25) is 0 Å². The first kappa shape index (κ1) is 36.3.